The molecule has 5 nitrogen and oxygen atoms in total. The lowest BCUT2D eigenvalue weighted by molar-refractivity contribution is 0.0744. The minimum atomic E-state index is -0.237. The number of rotatable bonds is 2. The molecule has 126 valence electrons. The molecule has 1 amide bonds. The highest BCUT2D eigenvalue weighted by molar-refractivity contribution is 5.94. The average molecular weight is 325 g/mol. The fourth-order valence-electron chi connectivity index (χ4n) is 3.16. The van der Waals surface area contributed by atoms with Crippen molar-refractivity contribution in [2.24, 2.45) is 7.05 Å². The summed E-state index contributed by atoms with van der Waals surface area (Å²) in [5.74, 6) is -0.170. The number of piperazine rings is 1. The highest BCUT2D eigenvalue weighted by Crippen LogP contribution is 2.24. The first-order chi connectivity index (χ1) is 11.5. The van der Waals surface area contributed by atoms with E-state index in [9.17, 15) is 9.59 Å². The summed E-state index contributed by atoms with van der Waals surface area (Å²) >= 11 is 0. The molecule has 0 unspecified atom stereocenters. The Morgan fingerprint density at radius 2 is 1.71 bits per heavy atom. The molecule has 1 aromatic carbocycles. The highest BCUT2D eigenvalue weighted by Gasteiger charge is 2.24. The van der Waals surface area contributed by atoms with Gasteiger partial charge >= 0.3 is 0 Å². The van der Waals surface area contributed by atoms with Crippen LogP contribution in [0.5, 0.6) is 0 Å². The second-order valence-corrected chi connectivity index (χ2v) is 6.34. The van der Waals surface area contributed by atoms with Crippen molar-refractivity contribution in [3.05, 3.63) is 63.6 Å². The molecule has 0 saturated carbocycles. The van der Waals surface area contributed by atoms with Gasteiger partial charge in [0.25, 0.3) is 11.5 Å². The van der Waals surface area contributed by atoms with Gasteiger partial charge in [-0.05, 0) is 43.2 Å². The third kappa shape index (κ3) is 2.94. The van der Waals surface area contributed by atoms with Gasteiger partial charge < -0.3 is 14.4 Å². The first kappa shape index (κ1) is 16.3. The van der Waals surface area contributed by atoms with E-state index in [-0.39, 0.29) is 17.0 Å². The maximum Gasteiger partial charge on any atom is 0.263 e. The molecule has 24 heavy (non-hydrogen) atoms. The number of amides is 1. The van der Waals surface area contributed by atoms with Crippen LogP contribution < -0.4 is 10.5 Å². The van der Waals surface area contributed by atoms with Crippen LogP contribution in [0.4, 0.5) is 5.69 Å². The molecular formula is C19H23N3O2. The van der Waals surface area contributed by atoms with Gasteiger partial charge in [0, 0.05) is 45.1 Å². The molecule has 1 aliphatic rings. The van der Waals surface area contributed by atoms with Crippen LogP contribution in [0.3, 0.4) is 0 Å². The van der Waals surface area contributed by atoms with E-state index in [4.69, 9.17) is 0 Å². The van der Waals surface area contributed by atoms with E-state index in [1.54, 1.807) is 30.3 Å². The van der Waals surface area contributed by atoms with E-state index >= 15 is 0 Å². The summed E-state index contributed by atoms with van der Waals surface area (Å²) < 4.78 is 1.44. The molecule has 1 saturated heterocycles. The average Bonchev–Trinajstić information content (AvgIpc) is 2.59. The van der Waals surface area contributed by atoms with Crippen LogP contribution in [-0.4, -0.2) is 41.6 Å². The van der Waals surface area contributed by atoms with Gasteiger partial charge in [0.05, 0.1) is 0 Å². The Bertz CT molecular complexity index is 818. The molecule has 5 heteroatoms. The van der Waals surface area contributed by atoms with Crippen molar-refractivity contribution in [2.75, 3.05) is 31.1 Å². The van der Waals surface area contributed by atoms with Gasteiger partial charge in [-0.15, -0.1) is 0 Å². The zero-order valence-corrected chi connectivity index (χ0v) is 14.5. The van der Waals surface area contributed by atoms with E-state index in [1.807, 2.05) is 0 Å². The van der Waals surface area contributed by atoms with E-state index in [1.165, 1.54) is 21.4 Å². The molecule has 1 fully saturated rings. The lowest BCUT2D eigenvalue weighted by Crippen LogP contribution is -2.50. The molecule has 0 N–H and O–H groups in total. The maximum atomic E-state index is 12.6. The third-order valence-corrected chi connectivity index (χ3v) is 4.84. The predicted molar refractivity (Wildman–Crippen MR) is 95.7 cm³/mol. The second-order valence-electron chi connectivity index (χ2n) is 6.34. The van der Waals surface area contributed by atoms with Crippen molar-refractivity contribution in [3.8, 4) is 0 Å². The Morgan fingerprint density at radius 1 is 1.00 bits per heavy atom. The number of hydrogen-bond donors (Lipinski definition) is 0. The zero-order chi connectivity index (χ0) is 17.3. The first-order valence-electron chi connectivity index (χ1n) is 8.25. The summed E-state index contributed by atoms with van der Waals surface area (Å²) in [6.07, 6.45) is 1.66. The summed E-state index contributed by atoms with van der Waals surface area (Å²) in [5, 5.41) is 0. The minimum absolute atomic E-state index is 0.170. The van der Waals surface area contributed by atoms with Crippen molar-refractivity contribution in [3.63, 3.8) is 0 Å². The number of pyridine rings is 1. The number of benzene rings is 1. The lowest BCUT2D eigenvalue weighted by atomic mass is 10.1. The summed E-state index contributed by atoms with van der Waals surface area (Å²) in [7, 11) is 1.66. The molecule has 0 radical (unpaired) electrons. The van der Waals surface area contributed by atoms with Crippen LogP contribution in [0, 0.1) is 13.8 Å². The van der Waals surface area contributed by atoms with Crippen LogP contribution in [0.1, 0.15) is 21.5 Å². The van der Waals surface area contributed by atoms with Crippen molar-refractivity contribution in [1.82, 2.24) is 9.47 Å². The van der Waals surface area contributed by atoms with E-state index in [2.05, 4.69) is 36.9 Å². The summed E-state index contributed by atoms with van der Waals surface area (Å²) in [4.78, 5) is 28.8. The molecule has 2 aromatic rings. The van der Waals surface area contributed by atoms with Gasteiger partial charge in [-0.3, -0.25) is 9.59 Å². The highest BCUT2D eigenvalue weighted by atomic mass is 16.2. The van der Waals surface area contributed by atoms with Gasteiger partial charge in [0.1, 0.15) is 5.56 Å². The van der Waals surface area contributed by atoms with Crippen molar-refractivity contribution in [1.29, 1.82) is 0 Å². The van der Waals surface area contributed by atoms with Gasteiger partial charge in [-0.2, -0.15) is 0 Å². The van der Waals surface area contributed by atoms with E-state index in [0.29, 0.717) is 13.1 Å². The molecule has 2 heterocycles. The monoisotopic (exact) mass is 325 g/mol. The molecule has 0 spiro atoms. The normalized spacial score (nSPS) is 14.8. The Hall–Kier alpha value is -2.56. The van der Waals surface area contributed by atoms with Gasteiger partial charge in [0.15, 0.2) is 0 Å². The zero-order valence-electron chi connectivity index (χ0n) is 14.5. The lowest BCUT2D eigenvalue weighted by Gasteiger charge is -2.37. The fourth-order valence-corrected chi connectivity index (χ4v) is 3.16. The largest absolute Gasteiger partial charge is 0.368 e. The number of nitrogens with zero attached hydrogens (tertiary/aromatic N) is 3. The first-order valence-corrected chi connectivity index (χ1v) is 8.25. The molecule has 0 aliphatic carbocycles. The third-order valence-electron chi connectivity index (χ3n) is 4.84. The topological polar surface area (TPSA) is 45.5 Å². The van der Waals surface area contributed by atoms with Crippen LogP contribution in [0.25, 0.3) is 0 Å². The Balaban J connectivity index is 1.73. The summed E-state index contributed by atoms with van der Waals surface area (Å²) in [6.45, 7) is 7.07. The maximum absolute atomic E-state index is 12.6. The number of hydrogen-bond acceptors (Lipinski definition) is 3. The Kier molecular flexibility index (Phi) is 4.42. The summed E-state index contributed by atoms with van der Waals surface area (Å²) in [5.41, 5.74) is 3.81. The summed E-state index contributed by atoms with van der Waals surface area (Å²) in [6, 6.07) is 9.67. The smallest absolute Gasteiger partial charge is 0.263 e. The predicted octanol–water partition coefficient (Wildman–Crippen LogP) is 1.96. The van der Waals surface area contributed by atoms with E-state index in [0.717, 1.165) is 13.1 Å². The van der Waals surface area contributed by atoms with Crippen molar-refractivity contribution >= 4 is 11.6 Å². The number of aryl methyl sites for hydroxylation is 2. The number of carbonyl (C=O) groups excluding carboxylic acids is 1. The molecule has 1 aromatic heterocycles. The van der Waals surface area contributed by atoms with Crippen LogP contribution in [0.15, 0.2) is 41.3 Å². The number of carbonyl (C=O) groups is 1. The van der Waals surface area contributed by atoms with Crippen LogP contribution in [-0.2, 0) is 7.05 Å². The van der Waals surface area contributed by atoms with Crippen molar-refractivity contribution in [2.45, 2.75) is 13.8 Å². The number of anilines is 1. The second kappa shape index (κ2) is 6.51. The minimum Gasteiger partial charge on any atom is -0.368 e. The number of aromatic nitrogens is 1. The van der Waals surface area contributed by atoms with Crippen LogP contribution >= 0.6 is 0 Å². The quantitative estimate of drug-likeness (QED) is 0.848. The molecule has 0 atom stereocenters. The fraction of sp³-hybridized carbons (Fsp3) is 0.368. The van der Waals surface area contributed by atoms with E-state index < -0.39 is 0 Å². The standard InChI is InChI=1S/C19H23N3O2/c1-14-6-4-8-17(15(14)2)21-10-12-22(13-11-21)19(24)16-7-5-9-20(3)18(16)23/h4-9H,10-13H2,1-3H3. The molecular weight excluding hydrogens is 302 g/mol. The Labute approximate surface area is 142 Å². The van der Waals surface area contributed by atoms with Gasteiger partial charge in [-0.1, -0.05) is 12.1 Å². The molecule has 3 rings (SSSR count). The van der Waals surface area contributed by atoms with Crippen LogP contribution in [0.2, 0.25) is 0 Å². The SMILES string of the molecule is Cc1cccc(N2CCN(C(=O)c3cccn(C)c3=O)CC2)c1C. The Morgan fingerprint density at radius 3 is 2.42 bits per heavy atom. The van der Waals surface area contributed by atoms with Gasteiger partial charge in [0.2, 0.25) is 0 Å². The molecule has 1 aliphatic heterocycles. The van der Waals surface area contributed by atoms with Crippen molar-refractivity contribution < 1.29 is 4.79 Å². The van der Waals surface area contributed by atoms with Gasteiger partial charge in [-0.25, -0.2) is 0 Å². The molecule has 0 bridgehead atoms.